The molecule has 0 atom stereocenters. The topological polar surface area (TPSA) is 63.5 Å². The zero-order valence-electron chi connectivity index (χ0n) is 13.5. The molecule has 0 bridgehead atoms. The van der Waals surface area contributed by atoms with Gasteiger partial charge in [0.2, 0.25) is 5.82 Å². The minimum Gasteiger partial charge on any atom is -0.333 e. The van der Waals surface area contributed by atoms with Crippen LogP contribution in [0.4, 0.5) is 10.2 Å². The van der Waals surface area contributed by atoms with Crippen LogP contribution in [0.15, 0.2) is 48.5 Å². The third kappa shape index (κ3) is 2.64. The van der Waals surface area contributed by atoms with Gasteiger partial charge in [-0.05, 0) is 31.2 Å². The average molecular weight is 357 g/mol. The van der Waals surface area contributed by atoms with Gasteiger partial charge in [0.05, 0.1) is 6.54 Å². The Morgan fingerprint density at radius 1 is 1.24 bits per heavy atom. The van der Waals surface area contributed by atoms with Gasteiger partial charge in [-0.25, -0.2) is 8.96 Å². The molecule has 5 nitrogen and oxygen atoms in total. The maximum Gasteiger partial charge on any atom is 0.377 e. The number of hydrogen-bond acceptors (Lipinski definition) is 2. The second kappa shape index (κ2) is 5.89. The summed E-state index contributed by atoms with van der Waals surface area (Å²) in [7, 11) is 0. The fourth-order valence-electron chi connectivity index (χ4n) is 2.96. The first kappa shape index (κ1) is 15.7. The van der Waals surface area contributed by atoms with Gasteiger partial charge in [-0.1, -0.05) is 29.8 Å². The Hall–Kier alpha value is -2.86. The molecule has 25 heavy (non-hydrogen) atoms. The highest BCUT2D eigenvalue weighted by Gasteiger charge is 2.24. The number of fused-ring (bicyclic) bond motifs is 1. The van der Waals surface area contributed by atoms with Gasteiger partial charge in [0.15, 0.2) is 5.52 Å². The fourth-order valence-corrected chi connectivity index (χ4v) is 3.18. The Labute approximate surface area is 148 Å². The monoisotopic (exact) mass is 356 g/mol. The zero-order valence-corrected chi connectivity index (χ0v) is 14.3. The predicted molar refractivity (Wildman–Crippen MR) is 95.3 cm³/mol. The molecule has 0 amide bonds. The molecule has 0 aliphatic rings. The molecule has 0 radical (unpaired) electrons. The molecule has 2 aromatic carbocycles. The molecule has 0 saturated carbocycles. The van der Waals surface area contributed by atoms with Crippen LogP contribution in [-0.4, -0.2) is 14.6 Å². The number of aromatic amines is 1. The standard InChI is InChI=1S/C18H15ClFN5/c1-11-9-17(21)25(23-11)18-22-15-7-2-3-8-16(15)24(18)10-12-13(19)5-4-6-14(12)20/h2-9H,10H2,1H3,(H2,21,23)/p+1. The van der Waals surface area contributed by atoms with Gasteiger partial charge in [0, 0.05) is 22.3 Å². The molecular formula is C18H16ClFN5+. The average Bonchev–Trinajstić information content (AvgIpc) is 3.10. The Kier molecular flexibility index (Phi) is 3.69. The Morgan fingerprint density at radius 3 is 2.76 bits per heavy atom. The first-order valence-corrected chi connectivity index (χ1v) is 8.18. The molecule has 0 aliphatic heterocycles. The number of nitrogens with one attached hydrogen (secondary N) is 1. The lowest BCUT2D eigenvalue weighted by molar-refractivity contribution is -0.650. The number of anilines is 1. The summed E-state index contributed by atoms with van der Waals surface area (Å²) in [5.74, 6) is 0.747. The van der Waals surface area contributed by atoms with Gasteiger partial charge in [0.25, 0.3) is 0 Å². The number of halogens is 2. The van der Waals surface area contributed by atoms with E-state index in [1.165, 1.54) is 6.07 Å². The smallest absolute Gasteiger partial charge is 0.333 e. The summed E-state index contributed by atoms with van der Waals surface area (Å²) in [6.45, 7) is 2.15. The van der Waals surface area contributed by atoms with E-state index in [0.29, 0.717) is 22.4 Å². The summed E-state index contributed by atoms with van der Waals surface area (Å²) in [5.41, 5.74) is 9.08. The molecule has 2 heterocycles. The highest BCUT2D eigenvalue weighted by molar-refractivity contribution is 6.31. The van der Waals surface area contributed by atoms with Crippen molar-refractivity contribution in [2.75, 3.05) is 5.73 Å². The molecule has 0 unspecified atom stereocenters. The molecular weight excluding hydrogens is 341 g/mol. The SMILES string of the molecule is Cc1cc(N)[n+](-c2nc3ccccc3n2Cc2c(F)cccc2Cl)[nH]1. The van der Waals surface area contributed by atoms with E-state index in [4.69, 9.17) is 17.3 Å². The van der Waals surface area contributed by atoms with Crippen LogP contribution in [0.5, 0.6) is 0 Å². The Bertz CT molecular complexity index is 1060. The quantitative estimate of drug-likeness (QED) is 0.553. The molecule has 3 N–H and O–H groups in total. The van der Waals surface area contributed by atoms with Gasteiger partial charge < -0.3 is 5.73 Å². The highest BCUT2D eigenvalue weighted by atomic mass is 35.5. The lowest BCUT2D eigenvalue weighted by atomic mass is 10.2. The summed E-state index contributed by atoms with van der Waals surface area (Å²) in [5, 5.41) is 3.54. The van der Waals surface area contributed by atoms with Crippen molar-refractivity contribution in [3.8, 4) is 5.95 Å². The maximum atomic E-state index is 14.3. The Morgan fingerprint density at radius 2 is 2.04 bits per heavy atom. The fraction of sp³-hybridized carbons (Fsp3) is 0.111. The summed E-state index contributed by atoms with van der Waals surface area (Å²) < 4.78 is 17.9. The van der Waals surface area contributed by atoms with Crippen molar-refractivity contribution in [1.29, 1.82) is 0 Å². The van der Waals surface area contributed by atoms with Crippen molar-refractivity contribution >= 4 is 28.5 Å². The molecule has 4 aromatic rings. The van der Waals surface area contributed by atoms with Crippen molar-refractivity contribution in [2.45, 2.75) is 13.5 Å². The van der Waals surface area contributed by atoms with E-state index < -0.39 is 0 Å². The zero-order chi connectivity index (χ0) is 17.6. The number of nitrogens with two attached hydrogens (primary N) is 1. The second-order valence-corrected chi connectivity index (χ2v) is 6.29. The summed E-state index contributed by atoms with van der Waals surface area (Å²) >= 11 is 6.22. The minimum atomic E-state index is -0.350. The van der Waals surface area contributed by atoms with Gasteiger partial charge in [-0.2, -0.15) is 0 Å². The van der Waals surface area contributed by atoms with Crippen LogP contribution in [0.1, 0.15) is 11.3 Å². The van der Waals surface area contributed by atoms with Crippen LogP contribution in [-0.2, 0) is 6.54 Å². The first-order chi connectivity index (χ1) is 12.0. The second-order valence-electron chi connectivity index (χ2n) is 5.89. The molecule has 0 spiro atoms. The maximum absolute atomic E-state index is 14.3. The number of H-pyrrole nitrogens is 1. The van der Waals surface area contributed by atoms with Crippen LogP contribution < -0.4 is 10.4 Å². The van der Waals surface area contributed by atoms with Crippen LogP contribution >= 0.6 is 11.6 Å². The normalized spacial score (nSPS) is 11.3. The third-order valence-electron chi connectivity index (χ3n) is 4.12. The Balaban J connectivity index is 1.95. The number of benzene rings is 2. The number of nitrogen functional groups attached to an aromatic ring is 1. The van der Waals surface area contributed by atoms with E-state index >= 15 is 0 Å². The van der Waals surface area contributed by atoms with Crippen molar-refractivity contribution < 1.29 is 9.07 Å². The van der Waals surface area contributed by atoms with Crippen LogP contribution in [0.25, 0.3) is 17.0 Å². The van der Waals surface area contributed by atoms with Crippen LogP contribution in [0.3, 0.4) is 0 Å². The van der Waals surface area contributed by atoms with Gasteiger partial charge in [-0.15, -0.1) is 9.67 Å². The van der Waals surface area contributed by atoms with Crippen molar-refractivity contribution in [3.63, 3.8) is 0 Å². The van der Waals surface area contributed by atoms with Gasteiger partial charge in [0.1, 0.15) is 11.3 Å². The highest BCUT2D eigenvalue weighted by Crippen LogP contribution is 2.24. The van der Waals surface area contributed by atoms with E-state index in [-0.39, 0.29) is 12.4 Å². The van der Waals surface area contributed by atoms with E-state index in [0.717, 1.165) is 16.7 Å². The summed E-state index contributed by atoms with van der Waals surface area (Å²) in [4.78, 5) is 4.66. The van der Waals surface area contributed by atoms with E-state index in [2.05, 4.69) is 10.1 Å². The van der Waals surface area contributed by atoms with E-state index in [1.807, 2.05) is 41.8 Å². The largest absolute Gasteiger partial charge is 0.377 e. The summed E-state index contributed by atoms with van der Waals surface area (Å²) in [6.07, 6.45) is 0. The molecule has 0 saturated heterocycles. The van der Waals surface area contributed by atoms with E-state index in [1.54, 1.807) is 16.8 Å². The van der Waals surface area contributed by atoms with Crippen LogP contribution in [0.2, 0.25) is 5.02 Å². The van der Waals surface area contributed by atoms with Crippen molar-refractivity contribution in [1.82, 2.24) is 14.6 Å². The number of rotatable bonds is 3. The minimum absolute atomic E-state index is 0.242. The van der Waals surface area contributed by atoms with Crippen molar-refractivity contribution in [2.24, 2.45) is 0 Å². The van der Waals surface area contributed by atoms with Gasteiger partial charge >= 0.3 is 5.95 Å². The third-order valence-corrected chi connectivity index (χ3v) is 4.48. The number of para-hydroxylation sites is 2. The number of aromatic nitrogens is 4. The lowest BCUT2D eigenvalue weighted by Gasteiger charge is -2.08. The molecule has 2 aromatic heterocycles. The number of hydrogen-bond donors (Lipinski definition) is 2. The number of imidazole rings is 1. The van der Waals surface area contributed by atoms with Gasteiger partial charge in [-0.3, -0.25) is 5.10 Å². The van der Waals surface area contributed by atoms with E-state index in [9.17, 15) is 4.39 Å². The molecule has 7 heteroatoms. The molecule has 4 rings (SSSR count). The molecule has 0 fully saturated rings. The number of aryl methyl sites for hydroxylation is 1. The first-order valence-electron chi connectivity index (χ1n) is 7.80. The van der Waals surface area contributed by atoms with Crippen LogP contribution in [0, 0.1) is 12.7 Å². The lowest BCUT2D eigenvalue weighted by Crippen LogP contribution is -2.39. The predicted octanol–water partition coefficient (Wildman–Crippen LogP) is 3.37. The summed E-state index contributed by atoms with van der Waals surface area (Å²) in [6, 6.07) is 14.2. The van der Waals surface area contributed by atoms with Crippen molar-refractivity contribution in [3.05, 3.63) is 70.6 Å². The molecule has 126 valence electrons. The molecule has 0 aliphatic carbocycles. The number of nitrogens with zero attached hydrogens (tertiary/aromatic N) is 3.